The van der Waals surface area contributed by atoms with Crippen LogP contribution in [0.15, 0.2) is 12.3 Å². The van der Waals surface area contributed by atoms with Gasteiger partial charge >= 0.3 is 0 Å². The van der Waals surface area contributed by atoms with Crippen LogP contribution in [0.1, 0.15) is 19.7 Å². The quantitative estimate of drug-likeness (QED) is 0.753. The summed E-state index contributed by atoms with van der Waals surface area (Å²) in [6.07, 6.45) is 1.82. The fraction of sp³-hybridized carbons (Fsp3) is 0.636. The summed E-state index contributed by atoms with van der Waals surface area (Å²) in [5.41, 5.74) is 0. The average Bonchev–Trinajstić information content (AvgIpc) is 2.33. The van der Waals surface area contributed by atoms with Gasteiger partial charge < -0.3 is 10.2 Å². The zero-order valence-electron chi connectivity index (χ0n) is 9.82. The first-order chi connectivity index (χ1) is 7.36. The number of nitrogens with zero attached hydrogens (tertiary/aromatic N) is 3. The molecule has 0 bridgehead atoms. The van der Waals surface area contributed by atoms with Gasteiger partial charge in [-0.3, -0.25) is 0 Å². The van der Waals surface area contributed by atoms with Crippen molar-refractivity contribution >= 4 is 5.82 Å². The van der Waals surface area contributed by atoms with Crippen LogP contribution in [0.5, 0.6) is 0 Å². The average molecular weight is 208 g/mol. The van der Waals surface area contributed by atoms with Gasteiger partial charge in [-0.1, -0.05) is 13.8 Å². The predicted octanol–water partition coefficient (Wildman–Crippen LogP) is 1.22. The Kier molecular flexibility index (Phi) is 5.04. The number of nitrogens with one attached hydrogen (secondary N) is 1. The van der Waals surface area contributed by atoms with Crippen LogP contribution in [-0.4, -0.2) is 36.1 Å². The fourth-order valence-electron chi connectivity index (χ4n) is 1.51. The first-order valence-electron chi connectivity index (χ1n) is 5.61. The van der Waals surface area contributed by atoms with Gasteiger partial charge in [-0.15, -0.1) is 0 Å². The summed E-state index contributed by atoms with van der Waals surface area (Å²) in [6.45, 7) is 10.1. The van der Waals surface area contributed by atoms with Crippen LogP contribution in [0, 0.1) is 6.92 Å². The van der Waals surface area contributed by atoms with Gasteiger partial charge in [-0.2, -0.15) is 0 Å². The minimum Gasteiger partial charge on any atom is -0.354 e. The Morgan fingerprint density at radius 2 is 1.93 bits per heavy atom. The molecule has 0 aliphatic carbocycles. The zero-order chi connectivity index (χ0) is 11.1. The fourth-order valence-corrected chi connectivity index (χ4v) is 1.51. The molecule has 2 rings (SSSR count). The predicted molar refractivity (Wildman–Crippen MR) is 63.2 cm³/mol. The van der Waals surface area contributed by atoms with Gasteiger partial charge in [0, 0.05) is 32.4 Å². The number of piperazine rings is 1. The lowest BCUT2D eigenvalue weighted by molar-refractivity contribution is 0.584. The maximum Gasteiger partial charge on any atom is 0.132 e. The van der Waals surface area contributed by atoms with Crippen LogP contribution in [-0.2, 0) is 0 Å². The lowest BCUT2D eigenvalue weighted by Gasteiger charge is -2.28. The van der Waals surface area contributed by atoms with E-state index in [1.807, 2.05) is 33.0 Å². The van der Waals surface area contributed by atoms with E-state index in [0.29, 0.717) is 0 Å². The van der Waals surface area contributed by atoms with E-state index in [2.05, 4.69) is 20.2 Å². The van der Waals surface area contributed by atoms with Gasteiger partial charge in [0.05, 0.1) is 0 Å². The molecule has 1 fully saturated rings. The second-order valence-corrected chi connectivity index (χ2v) is 3.20. The molecule has 0 saturated carbocycles. The highest BCUT2D eigenvalue weighted by molar-refractivity contribution is 5.37. The van der Waals surface area contributed by atoms with E-state index < -0.39 is 0 Å². The van der Waals surface area contributed by atoms with Crippen LogP contribution < -0.4 is 10.2 Å². The molecule has 0 spiro atoms. The van der Waals surface area contributed by atoms with E-state index in [-0.39, 0.29) is 0 Å². The standard InChI is InChI=1S/C9H14N4.C2H6/c1-8-11-3-2-9(12-8)13-6-4-10-5-7-13;1-2/h2-3,10H,4-7H2,1H3;1-2H3. The van der Waals surface area contributed by atoms with Gasteiger partial charge in [0.1, 0.15) is 11.6 Å². The molecule has 84 valence electrons. The Labute approximate surface area is 91.7 Å². The van der Waals surface area contributed by atoms with Crippen LogP contribution in [0.25, 0.3) is 0 Å². The minimum atomic E-state index is 0.844. The molecule has 4 heteroatoms. The summed E-state index contributed by atoms with van der Waals surface area (Å²) in [7, 11) is 0. The van der Waals surface area contributed by atoms with Crippen molar-refractivity contribution in [2.45, 2.75) is 20.8 Å². The molecule has 0 atom stereocenters. The zero-order valence-corrected chi connectivity index (χ0v) is 9.82. The molecule has 1 aromatic rings. The Hall–Kier alpha value is -1.16. The molecular weight excluding hydrogens is 188 g/mol. The number of aromatic nitrogens is 2. The molecule has 0 aromatic carbocycles. The molecule has 1 saturated heterocycles. The van der Waals surface area contributed by atoms with Crippen LogP contribution in [0.4, 0.5) is 5.82 Å². The Morgan fingerprint density at radius 1 is 1.27 bits per heavy atom. The molecule has 4 nitrogen and oxygen atoms in total. The topological polar surface area (TPSA) is 41.1 Å². The van der Waals surface area contributed by atoms with E-state index >= 15 is 0 Å². The smallest absolute Gasteiger partial charge is 0.132 e. The molecule has 2 heterocycles. The number of anilines is 1. The molecule has 0 amide bonds. The third kappa shape index (κ3) is 3.47. The maximum atomic E-state index is 4.38. The number of hydrogen-bond acceptors (Lipinski definition) is 4. The van der Waals surface area contributed by atoms with Crippen LogP contribution in [0.3, 0.4) is 0 Å². The van der Waals surface area contributed by atoms with Crippen molar-refractivity contribution in [3.63, 3.8) is 0 Å². The van der Waals surface area contributed by atoms with Crippen molar-refractivity contribution in [2.24, 2.45) is 0 Å². The van der Waals surface area contributed by atoms with E-state index in [0.717, 1.165) is 37.8 Å². The molecule has 0 unspecified atom stereocenters. The van der Waals surface area contributed by atoms with Gasteiger partial charge in [0.15, 0.2) is 0 Å². The third-order valence-corrected chi connectivity index (χ3v) is 2.20. The molecule has 0 radical (unpaired) electrons. The molecule has 1 N–H and O–H groups in total. The summed E-state index contributed by atoms with van der Waals surface area (Å²) < 4.78 is 0. The minimum absolute atomic E-state index is 0.844. The number of hydrogen-bond donors (Lipinski definition) is 1. The summed E-state index contributed by atoms with van der Waals surface area (Å²) in [5.74, 6) is 1.89. The second kappa shape index (κ2) is 6.35. The van der Waals surface area contributed by atoms with Crippen molar-refractivity contribution in [1.82, 2.24) is 15.3 Å². The summed E-state index contributed by atoms with van der Waals surface area (Å²) in [6, 6.07) is 1.97. The normalized spacial score (nSPS) is 15.5. The van der Waals surface area contributed by atoms with Crippen molar-refractivity contribution in [3.05, 3.63) is 18.1 Å². The Balaban J connectivity index is 0.000000531. The monoisotopic (exact) mass is 208 g/mol. The van der Waals surface area contributed by atoms with Gasteiger partial charge in [0.2, 0.25) is 0 Å². The largest absolute Gasteiger partial charge is 0.354 e. The molecule has 1 aromatic heterocycles. The SMILES string of the molecule is CC.Cc1nccc(N2CCNCC2)n1. The van der Waals surface area contributed by atoms with Gasteiger partial charge in [0.25, 0.3) is 0 Å². The highest BCUT2D eigenvalue weighted by Gasteiger charge is 2.10. The first-order valence-corrected chi connectivity index (χ1v) is 5.61. The molecule has 15 heavy (non-hydrogen) atoms. The van der Waals surface area contributed by atoms with Crippen molar-refractivity contribution in [1.29, 1.82) is 0 Å². The molecular formula is C11H20N4. The van der Waals surface area contributed by atoms with Crippen LogP contribution >= 0.6 is 0 Å². The van der Waals surface area contributed by atoms with E-state index in [4.69, 9.17) is 0 Å². The lowest BCUT2D eigenvalue weighted by atomic mass is 10.3. The third-order valence-electron chi connectivity index (χ3n) is 2.20. The highest BCUT2D eigenvalue weighted by Crippen LogP contribution is 2.09. The lowest BCUT2D eigenvalue weighted by Crippen LogP contribution is -2.43. The van der Waals surface area contributed by atoms with Gasteiger partial charge in [-0.05, 0) is 13.0 Å². The maximum absolute atomic E-state index is 4.38. The molecule has 1 aliphatic rings. The van der Waals surface area contributed by atoms with E-state index in [1.165, 1.54) is 0 Å². The Morgan fingerprint density at radius 3 is 2.53 bits per heavy atom. The van der Waals surface area contributed by atoms with E-state index in [1.54, 1.807) is 0 Å². The van der Waals surface area contributed by atoms with Crippen LogP contribution in [0.2, 0.25) is 0 Å². The summed E-state index contributed by atoms with van der Waals surface area (Å²) in [5, 5.41) is 3.31. The number of aryl methyl sites for hydroxylation is 1. The van der Waals surface area contributed by atoms with Crippen molar-refractivity contribution < 1.29 is 0 Å². The van der Waals surface area contributed by atoms with E-state index in [9.17, 15) is 0 Å². The highest BCUT2D eigenvalue weighted by atomic mass is 15.2. The second-order valence-electron chi connectivity index (χ2n) is 3.20. The molecule has 1 aliphatic heterocycles. The first kappa shape index (κ1) is 11.9. The summed E-state index contributed by atoms with van der Waals surface area (Å²) >= 11 is 0. The van der Waals surface area contributed by atoms with Crippen molar-refractivity contribution in [2.75, 3.05) is 31.1 Å². The van der Waals surface area contributed by atoms with Crippen molar-refractivity contribution in [3.8, 4) is 0 Å². The number of rotatable bonds is 1. The summed E-state index contributed by atoms with van der Waals surface area (Å²) in [4.78, 5) is 10.7. The van der Waals surface area contributed by atoms with Gasteiger partial charge in [-0.25, -0.2) is 9.97 Å². The Bertz CT molecular complexity index is 282.